The maximum absolute atomic E-state index is 12.1. The van der Waals surface area contributed by atoms with Crippen LogP contribution in [-0.2, 0) is 0 Å². The SMILES string of the molecule is CSc1ccc(C(=O)NCCCN2CC(C)CC(C)C2)cc1. The van der Waals surface area contributed by atoms with Gasteiger partial charge in [-0.1, -0.05) is 13.8 Å². The Morgan fingerprint density at radius 1 is 1.23 bits per heavy atom. The van der Waals surface area contributed by atoms with Crippen LogP contribution in [0.3, 0.4) is 0 Å². The monoisotopic (exact) mass is 320 g/mol. The summed E-state index contributed by atoms with van der Waals surface area (Å²) in [5.74, 6) is 1.63. The van der Waals surface area contributed by atoms with Crippen LogP contribution in [0.25, 0.3) is 0 Å². The van der Waals surface area contributed by atoms with Gasteiger partial charge in [-0.3, -0.25) is 4.79 Å². The molecule has 1 heterocycles. The van der Waals surface area contributed by atoms with Gasteiger partial charge in [-0.05, 0) is 61.7 Å². The smallest absolute Gasteiger partial charge is 0.251 e. The molecule has 2 rings (SSSR count). The van der Waals surface area contributed by atoms with Crippen LogP contribution in [0.2, 0.25) is 0 Å². The van der Waals surface area contributed by atoms with E-state index in [1.54, 1.807) is 11.8 Å². The Labute approximate surface area is 138 Å². The molecule has 1 aliphatic heterocycles. The number of nitrogens with zero attached hydrogens (tertiary/aromatic N) is 1. The van der Waals surface area contributed by atoms with E-state index in [2.05, 4.69) is 24.1 Å². The van der Waals surface area contributed by atoms with E-state index in [4.69, 9.17) is 0 Å². The van der Waals surface area contributed by atoms with E-state index in [9.17, 15) is 4.79 Å². The van der Waals surface area contributed by atoms with E-state index < -0.39 is 0 Å². The van der Waals surface area contributed by atoms with Crippen LogP contribution in [0.15, 0.2) is 29.2 Å². The first-order valence-corrected chi connectivity index (χ1v) is 9.45. The summed E-state index contributed by atoms with van der Waals surface area (Å²) in [5, 5.41) is 3.03. The number of thioether (sulfide) groups is 1. The van der Waals surface area contributed by atoms with Gasteiger partial charge in [0.1, 0.15) is 0 Å². The van der Waals surface area contributed by atoms with Gasteiger partial charge in [0.05, 0.1) is 0 Å². The molecule has 1 aliphatic rings. The molecule has 4 heteroatoms. The number of hydrogen-bond acceptors (Lipinski definition) is 3. The summed E-state index contributed by atoms with van der Waals surface area (Å²) < 4.78 is 0. The first-order chi connectivity index (χ1) is 10.6. The van der Waals surface area contributed by atoms with Crippen molar-refractivity contribution >= 4 is 17.7 Å². The molecule has 3 nitrogen and oxygen atoms in total. The second-order valence-electron chi connectivity index (χ2n) is 6.54. The number of carbonyl (C=O) groups excluding carboxylic acids is 1. The minimum Gasteiger partial charge on any atom is -0.352 e. The second kappa shape index (κ2) is 8.59. The van der Waals surface area contributed by atoms with Crippen molar-refractivity contribution in [1.82, 2.24) is 10.2 Å². The predicted molar refractivity (Wildman–Crippen MR) is 94.6 cm³/mol. The Kier molecular flexibility index (Phi) is 6.77. The summed E-state index contributed by atoms with van der Waals surface area (Å²) in [6.45, 7) is 8.91. The Morgan fingerprint density at radius 2 is 1.86 bits per heavy atom. The normalized spacial score (nSPS) is 22.5. The number of amides is 1. The molecule has 1 amide bonds. The highest BCUT2D eigenvalue weighted by Gasteiger charge is 2.21. The van der Waals surface area contributed by atoms with E-state index in [0.29, 0.717) is 0 Å². The highest BCUT2D eigenvalue weighted by Crippen LogP contribution is 2.20. The maximum Gasteiger partial charge on any atom is 0.251 e. The van der Waals surface area contributed by atoms with Crippen LogP contribution in [-0.4, -0.2) is 43.2 Å². The fraction of sp³-hybridized carbons (Fsp3) is 0.611. The zero-order valence-corrected chi connectivity index (χ0v) is 14.8. The van der Waals surface area contributed by atoms with Crippen molar-refractivity contribution in [2.75, 3.05) is 32.4 Å². The van der Waals surface area contributed by atoms with E-state index in [1.165, 1.54) is 24.4 Å². The first-order valence-electron chi connectivity index (χ1n) is 8.23. The number of carbonyl (C=O) groups is 1. The van der Waals surface area contributed by atoms with Crippen LogP contribution < -0.4 is 5.32 Å². The lowest BCUT2D eigenvalue weighted by atomic mass is 9.92. The molecular weight excluding hydrogens is 292 g/mol. The molecular formula is C18H28N2OS. The molecule has 1 aromatic rings. The lowest BCUT2D eigenvalue weighted by Crippen LogP contribution is -2.40. The molecule has 0 aliphatic carbocycles. The molecule has 2 unspecified atom stereocenters. The van der Waals surface area contributed by atoms with Crippen LogP contribution in [0.5, 0.6) is 0 Å². The Morgan fingerprint density at radius 3 is 2.45 bits per heavy atom. The molecule has 1 aromatic carbocycles. The number of rotatable bonds is 6. The molecule has 122 valence electrons. The average Bonchev–Trinajstić information content (AvgIpc) is 2.50. The molecule has 0 radical (unpaired) electrons. The fourth-order valence-electron chi connectivity index (χ4n) is 3.32. The lowest BCUT2D eigenvalue weighted by molar-refractivity contribution is 0.0947. The van der Waals surface area contributed by atoms with Gasteiger partial charge in [0.15, 0.2) is 0 Å². The zero-order chi connectivity index (χ0) is 15.9. The van der Waals surface area contributed by atoms with Gasteiger partial charge < -0.3 is 10.2 Å². The van der Waals surface area contributed by atoms with Gasteiger partial charge >= 0.3 is 0 Å². The van der Waals surface area contributed by atoms with E-state index in [1.807, 2.05) is 30.5 Å². The first kappa shape index (κ1) is 17.4. The van der Waals surface area contributed by atoms with E-state index in [0.717, 1.165) is 36.9 Å². The summed E-state index contributed by atoms with van der Waals surface area (Å²) in [4.78, 5) is 15.8. The summed E-state index contributed by atoms with van der Waals surface area (Å²) in [5.41, 5.74) is 0.748. The van der Waals surface area contributed by atoms with Crippen molar-refractivity contribution in [3.63, 3.8) is 0 Å². The predicted octanol–water partition coefficient (Wildman–Crippen LogP) is 3.51. The quantitative estimate of drug-likeness (QED) is 0.643. The number of likely N-dealkylation sites (tertiary alicyclic amines) is 1. The van der Waals surface area contributed by atoms with Crippen LogP contribution in [0.1, 0.15) is 37.0 Å². The number of nitrogens with one attached hydrogen (secondary N) is 1. The van der Waals surface area contributed by atoms with Crippen molar-refractivity contribution in [2.45, 2.75) is 31.6 Å². The zero-order valence-electron chi connectivity index (χ0n) is 14.0. The average molecular weight is 321 g/mol. The second-order valence-corrected chi connectivity index (χ2v) is 7.42. The highest BCUT2D eigenvalue weighted by atomic mass is 32.2. The minimum absolute atomic E-state index is 0.0352. The highest BCUT2D eigenvalue weighted by molar-refractivity contribution is 7.98. The van der Waals surface area contributed by atoms with Crippen molar-refractivity contribution in [3.05, 3.63) is 29.8 Å². The summed E-state index contributed by atoms with van der Waals surface area (Å²) >= 11 is 1.69. The molecule has 22 heavy (non-hydrogen) atoms. The number of piperidine rings is 1. The van der Waals surface area contributed by atoms with Crippen molar-refractivity contribution in [3.8, 4) is 0 Å². The van der Waals surface area contributed by atoms with Gasteiger partial charge in [-0.2, -0.15) is 0 Å². The summed E-state index contributed by atoms with van der Waals surface area (Å²) in [6, 6.07) is 7.79. The lowest BCUT2D eigenvalue weighted by Gasteiger charge is -2.34. The van der Waals surface area contributed by atoms with Gasteiger partial charge in [0.2, 0.25) is 0 Å². The largest absolute Gasteiger partial charge is 0.352 e. The summed E-state index contributed by atoms with van der Waals surface area (Å²) in [7, 11) is 0. The molecule has 0 bridgehead atoms. The van der Waals surface area contributed by atoms with Crippen LogP contribution in [0, 0.1) is 11.8 Å². The molecule has 0 aromatic heterocycles. The number of benzene rings is 1. The maximum atomic E-state index is 12.1. The third-order valence-electron chi connectivity index (χ3n) is 4.23. The standard InChI is InChI=1S/C18H28N2OS/c1-14-11-15(2)13-20(12-14)10-4-9-19-18(21)16-5-7-17(22-3)8-6-16/h5-8,14-15H,4,9-13H2,1-3H3,(H,19,21). The Balaban J connectivity index is 1.68. The number of hydrogen-bond donors (Lipinski definition) is 1. The van der Waals surface area contributed by atoms with Gasteiger partial charge in [0.25, 0.3) is 5.91 Å². The Bertz CT molecular complexity index is 464. The molecule has 1 fully saturated rings. The van der Waals surface area contributed by atoms with E-state index in [-0.39, 0.29) is 5.91 Å². The van der Waals surface area contributed by atoms with Gasteiger partial charge in [-0.15, -0.1) is 11.8 Å². The van der Waals surface area contributed by atoms with Crippen LogP contribution in [0.4, 0.5) is 0 Å². The van der Waals surface area contributed by atoms with Crippen LogP contribution >= 0.6 is 11.8 Å². The summed E-state index contributed by atoms with van der Waals surface area (Å²) in [6.07, 6.45) is 4.41. The van der Waals surface area contributed by atoms with Crippen molar-refractivity contribution in [2.24, 2.45) is 11.8 Å². The minimum atomic E-state index is 0.0352. The third kappa shape index (κ3) is 5.33. The fourth-order valence-corrected chi connectivity index (χ4v) is 3.73. The molecule has 0 spiro atoms. The molecule has 1 N–H and O–H groups in total. The van der Waals surface area contributed by atoms with Gasteiger partial charge in [0, 0.05) is 30.1 Å². The van der Waals surface area contributed by atoms with Crippen molar-refractivity contribution < 1.29 is 4.79 Å². The van der Waals surface area contributed by atoms with E-state index >= 15 is 0 Å². The van der Waals surface area contributed by atoms with Gasteiger partial charge in [-0.25, -0.2) is 0 Å². The third-order valence-corrected chi connectivity index (χ3v) is 4.98. The molecule has 1 saturated heterocycles. The topological polar surface area (TPSA) is 32.3 Å². The molecule has 2 atom stereocenters. The molecule has 0 saturated carbocycles. The van der Waals surface area contributed by atoms with Crippen molar-refractivity contribution in [1.29, 1.82) is 0 Å². The Hall–Kier alpha value is -1.00.